The van der Waals surface area contributed by atoms with Crippen molar-refractivity contribution in [2.75, 3.05) is 0 Å². The lowest BCUT2D eigenvalue weighted by Crippen LogP contribution is -2.49. The van der Waals surface area contributed by atoms with Crippen molar-refractivity contribution in [1.82, 2.24) is 26.6 Å². The number of hydrogen-bond acceptors (Lipinski definition) is 11. The highest BCUT2D eigenvalue weighted by molar-refractivity contribution is 6.14. The predicted octanol–water partition coefficient (Wildman–Crippen LogP) is 16.0. The third-order valence-electron chi connectivity index (χ3n) is 17.2. The van der Waals surface area contributed by atoms with Crippen molar-refractivity contribution in [2.24, 2.45) is 25.0 Å². The first-order valence-corrected chi connectivity index (χ1v) is 30.8. The van der Waals surface area contributed by atoms with Gasteiger partial charge >= 0.3 is 0 Å². The molecule has 0 aliphatic carbocycles. The number of nitrogens with one attached hydrogen (secondary N) is 5. The van der Waals surface area contributed by atoms with Gasteiger partial charge in [0.25, 0.3) is 0 Å². The summed E-state index contributed by atoms with van der Waals surface area (Å²) in [6.07, 6.45) is 3.18. The van der Waals surface area contributed by atoms with Gasteiger partial charge in [-0.05, 0) is 68.8 Å². The second-order valence-corrected chi connectivity index (χ2v) is 23.0. The van der Waals surface area contributed by atoms with E-state index in [2.05, 4.69) is 245 Å². The van der Waals surface area contributed by atoms with E-state index >= 15 is 0 Å². The van der Waals surface area contributed by atoms with E-state index in [9.17, 15) is 0 Å². The molecule has 5 N–H and O–H groups in total. The third-order valence-corrected chi connectivity index (χ3v) is 17.2. The second-order valence-electron chi connectivity index (χ2n) is 23.0. The molecule has 5 unspecified atom stereocenters. The van der Waals surface area contributed by atoms with Gasteiger partial charge in [0.1, 0.15) is 34.8 Å². The Bertz CT molecular complexity index is 4890. The first-order chi connectivity index (χ1) is 45.0. The summed E-state index contributed by atoms with van der Waals surface area (Å²) >= 11 is 0. The van der Waals surface area contributed by atoms with E-state index < -0.39 is 12.3 Å². The van der Waals surface area contributed by atoms with Crippen LogP contribution in [0.3, 0.4) is 0 Å². The number of fused-ring (bicyclic) bond motifs is 3. The molecule has 0 amide bonds. The van der Waals surface area contributed by atoms with Crippen molar-refractivity contribution in [3.63, 3.8) is 0 Å². The number of para-hydroxylation sites is 2. The highest BCUT2D eigenvalue weighted by Gasteiger charge is 2.32. The summed E-state index contributed by atoms with van der Waals surface area (Å²) in [7, 11) is 0. The van der Waals surface area contributed by atoms with E-state index in [0.717, 1.165) is 117 Å². The summed E-state index contributed by atoms with van der Waals surface area (Å²) in [4.78, 5) is 26.1. The maximum absolute atomic E-state index is 6.59. The molecule has 11 nitrogen and oxygen atoms in total. The van der Waals surface area contributed by atoms with Crippen LogP contribution in [0.2, 0.25) is 0 Å². The largest absolute Gasteiger partial charge is 0.456 e. The van der Waals surface area contributed by atoms with Crippen LogP contribution in [0.5, 0.6) is 0 Å². The molecule has 12 aromatic rings. The molecule has 4 aliphatic rings. The van der Waals surface area contributed by atoms with E-state index in [4.69, 9.17) is 29.4 Å². The molecule has 91 heavy (non-hydrogen) atoms. The van der Waals surface area contributed by atoms with Crippen LogP contribution in [-0.4, -0.2) is 41.5 Å². The molecule has 0 spiro atoms. The SMILES string of the molecule is C1=C(C2N=C(c3ccccc3)N=C(c3ccc(-c4ccc(-c5cccc(C6C=C(C7N=C(c8ccccc8)N=C(c8ccccc8)N7)NC(c7ccc(-c8ccccc8)cc7)N6)c5)cc4)cc3)N2)N=C(c2ccccc2)NC1c1cccc2c1oc1ccccc12. The Hall–Kier alpha value is -11.8. The molecule has 0 fully saturated rings. The number of rotatable bonds is 13. The average Bonchev–Trinajstić information content (AvgIpc) is 2.07. The van der Waals surface area contributed by atoms with Gasteiger partial charge in [0.2, 0.25) is 0 Å². The Morgan fingerprint density at radius 1 is 0.308 bits per heavy atom. The Balaban J connectivity index is 0.685. The number of amidine groups is 5. The third kappa shape index (κ3) is 11.2. The van der Waals surface area contributed by atoms with Crippen LogP contribution in [0.1, 0.15) is 62.8 Å². The summed E-state index contributed by atoms with van der Waals surface area (Å²) in [5, 5.41) is 21.2. The molecule has 1 aromatic heterocycles. The average molecular weight is 1180 g/mol. The summed E-state index contributed by atoms with van der Waals surface area (Å²) in [5.41, 5.74) is 18.2. The molecule has 0 saturated carbocycles. The van der Waals surface area contributed by atoms with Gasteiger partial charge in [-0.2, -0.15) is 0 Å². The maximum Gasteiger partial charge on any atom is 0.165 e. The molecule has 4 aliphatic heterocycles. The van der Waals surface area contributed by atoms with Gasteiger partial charge in [-0.3, -0.25) is 5.32 Å². The summed E-state index contributed by atoms with van der Waals surface area (Å²) in [6.45, 7) is 0. The van der Waals surface area contributed by atoms with E-state index in [-0.39, 0.29) is 18.2 Å². The second kappa shape index (κ2) is 24.1. The predicted molar refractivity (Wildman–Crippen MR) is 369 cm³/mol. The number of nitrogens with zero attached hydrogens (tertiary/aromatic N) is 5. The lowest BCUT2D eigenvalue weighted by Gasteiger charge is -2.36. The maximum atomic E-state index is 6.59. The van der Waals surface area contributed by atoms with Crippen LogP contribution in [0.4, 0.5) is 0 Å². The Kier molecular flexibility index (Phi) is 14.4. The minimum Gasteiger partial charge on any atom is -0.456 e. The van der Waals surface area contributed by atoms with Crippen molar-refractivity contribution in [3.8, 4) is 33.4 Å². The molecule has 0 saturated heterocycles. The van der Waals surface area contributed by atoms with Gasteiger partial charge in [-0.15, -0.1) is 0 Å². The Morgan fingerprint density at radius 3 is 1.37 bits per heavy atom. The topological polar surface area (TPSA) is 135 Å². The van der Waals surface area contributed by atoms with E-state index in [0.29, 0.717) is 17.5 Å². The molecule has 5 heterocycles. The van der Waals surface area contributed by atoms with Crippen LogP contribution >= 0.6 is 0 Å². The van der Waals surface area contributed by atoms with Gasteiger partial charge in [-0.25, -0.2) is 25.0 Å². The smallest absolute Gasteiger partial charge is 0.165 e. The monoisotopic (exact) mass is 1180 g/mol. The zero-order valence-electron chi connectivity index (χ0n) is 49.4. The van der Waals surface area contributed by atoms with Crippen LogP contribution in [0, 0.1) is 0 Å². The van der Waals surface area contributed by atoms with Crippen LogP contribution in [-0.2, 0) is 0 Å². The van der Waals surface area contributed by atoms with Gasteiger partial charge in [0.05, 0.1) is 23.5 Å². The van der Waals surface area contributed by atoms with Crippen molar-refractivity contribution < 1.29 is 4.42 Å². The minimum absolute atomic E-state index is 0.172. The fourth-order valence-corrected chi connectivity index (χ4v) is 12.5. The highest BCUT2D eigenvalue weighted by Crippen LogP contribution is 2.37. The number of benzene rings is 11. The lowest BCUT2D eigenvalue weighted by molar-refractivity contribution is 0.397. The van der Waals surface area contributed by atoms with Gasteiger partial charge in [0, 0.05) is 44.2 Å². The molecule has 11 aromatic carbocycles. The normalized spacial score (nSPS) is 18.8. The lowest BCUT2D eigenvalue weighted by atomic mass is 9.95. The number of furan rings is 1. The quantitative estimate of drug-likeness (QED) is 0.0780. The zero-order valence-corrected chi connectivity index (χ0v) is 49.4. The van der Waals surface area contributed by atoms with E-state index in [1.807, 2.05) is 84.9 Å². The first-order valence-electron chi connectivity index (χ1n) is 30.8. The summed E-state index contributed by atoms with van der Waals surface area (Å²) in [5.74, 6) is 3.51. The first kappa shape index (κ1) is 54.6. The fourth-order valence-electron chi connectivity index (χ4n) is 12.5. The van der Waals surface area contributed by atoms with Gasteiger partial charge in [-0.1, -0.05) is 279 Å². The molecule has 16 rings (SSSR count). The zero-order chi connectivity index (χ0) is 60.5. The molecular weight excluding hydrogens is 1120 g/mol. The van der Waals surface area contributed by atoms with Crippen molar-refractivity contribution >= 4 is 51.1 Å². The van der Waals surface area contributed by atoms with Crippen molar-refractivity contribution in [2.45, 2.75) is 30.6 Å². The van der Waals surface area contributed by atoms with E-state index in [1.54, 1.807) is 0 Å². The Morgan fingerprint density at radius 2 is 0.758 bits per heavy atom. The van der Waals surface area contributed by atoms with Gasteiger partial charge in [0.15, 0.2) is 24.0 Å². The van der Waals surface area contributed by atoms with Crippen LogP contribution in [0.25, 0.3) is 55.3 Å². The minimum atomic E-state index is -0.562. The number of aliphatic imine (C=N–C) groups is 5. The number of hydrogen-bond donors (Lipinski definition) is 5. The van der Waals surface area contributed by atoms with Crippen molar-refractivity contribution in [1.29, 1.82) is 0 Å². The fraction of sp³-hybridized carbons (Fsp3) is 0.0625. The standard InChI is InChI=1S/C80H60N10O/c1-6-20-51(21-7-1)52-40-44-60(45-41-52)74-81-67(49-69(83-74)79-87-75(57-24-10-3-11-25-57)85-76(88-79)58-26-12-4-13-27-58)63-31-18-30-62(48-63)55-38-36-53(37-39-55)54-42-46-61(47-43-54)78-86-77(59-28-14-5-15-29-59)89-80(90-78)70-50-68(82-73(84-70)56-22-8-2-9-23-56)66-34-19-33-65-64-32-16-17-35-71(64)91-72(65)66/h1-50,67-68,74,79-81,83H,(H,82,84)(H,85,87,88)(H,86,89,90). The Labute approximate surface area is 527 Å². The summed E-state index contributed by atoms with van der Waals surface area (Å²) < 4.78 is 6.59. The molecule has 0 radical (unpaired) electrons. The van der Waals surface area contributed by atoms with Gasteiger partial charge < -0.3 is 25.7 Å². The van der Waals surface area contributed by atoms with Crippen LogP contribution < -0.4 is 26.6 Å². The molecule has 11 heteroatoms. The highest BCUT2D eigenvalue weighted by atomic mass is 16.3. The van der Waals surface area contributed by atoms with Crippen molar-refractivity contribution in [3.05, 3.63) is 359 Å². The molecule has 5 atom stereocenters. The van der Waals surface area contributed by atoms with Crippen LogP contribution in [0.15, 0.2) is 344 Å². The summed E-state index contributed by atoms with van der Waals surface area (Å²) in [6, 6.07) is 101. The molecule has 0 bridgehead atoms. The molecular formula is C80H60N10O. The van der Waals surface area contributed by atoms with E-state index in [1.165, 1.54) is 5.56 Å². The molecule has 436 valence electrons.